The van der Waals surface area contributed by atoms with E-state index in [2.05, 4.69) is 53.6 Å². The molecule has 1 saturated heterocycles. The van der Waals surface area contributed by atoms with Crippen molar-refractivity contribution in [1.82, 2.24) is 5.32 Å². The number of piperidine rings is 1. The highest BCUT2D eigenvalue weighted by molar-refractivity contribution is 7.80. The van der Waals surface area contributed by atoms with E-state index in [0.29, 0.717) is 10.7 Å². The molecule has 1 fully saturated rings. The molecule has 0 unspecified atom stereocenters. The summed E-state index contributed by atoms with van der Waals surface area (Å²) in [5.41, 5.74) is 3.68. The fourth-order valence-electron chi connectivity index (χ4n) is 3.69. The standard InChI is InChI=1S/C23H29N3O2S/c1-16-6-5-13-26(15-16)21-11-9-18(10-12-21)17(2)24-23(29)25-20-8-4-7-19(14-20)22(27)28-3/h4,7-12,14,16-17H,5-6,13,15H2,1-3H3,(H2,24,25,29)/t16-,17-/m1/s1. The number of carbonyl (C=O) groups is 1. The fourth-order valence-corrected chi connectivity index (χ4v) is 3.98. The van der Waals surface area contributed by atoms with Crippen LogP contribution in [0.5, 0.6) is 0 Å². The van der Waals surface area contributed by atoms with Crippen LogP contribution in [0.4, 0.5) is 11.4 Å². The number of hydrogen-bond donors (Lipinski definition) is 2. The van der Waals surface area contributed by atoms with Crippen molar-refractivity contribution in [2.45, 2.75) is 32.7 Å². The normalized spacial score (nSPS) is 17.3. The monoisotopic (exact) mass is 411 g/mol. The summed E-state index contributed by atoms with van der Waals surface area (Å²) in [5.74, 6) is 0.384. The number of carbonyl (C=O) groups excluding carboxylic acids is 1. The molecule has 0 saturated carbocycles. The van der Waals surface area contributed by atoms with Gasteiger partial charge in [0.2, 0.25) is 0 Å². The van der Waals surface area contributed by atoms with Crippen LogP contribution in [0.1, 0.15) is 48.7 Å². The molecule has 29 heavy (non-hydrogen) atoms. The molecule has 1 aliphatic rings. The van der Waals surface area contributed by atoms with E-state index in [9.17, 15) is 4.79 Å². The molecule has 0 amide bonds. The van der Waals surface area contributed by atoms with Gasteiger partial charge in [-0.25, -0.2) is 4.79 Å². The van der Waals surface area contributed by atoms with Crippen molar-refractivity contribution in [2.75, 3.05) is 30.4 Å². The Balaban J connectivity index is 1.57. The Morgan fingerprint density at radius 1 is 1.24 bits per heavy atom. The maximum absolute atomic E-state index is 11.7. The van der Waals surface area contributed by atoms with Crippen LogP contribution >= 0.6 is 12.2 Å². The number of hydrogen-bond acceptors (Lipinski definition) is 4. The Morgan fingerprint density at radius 2 is 2.00 bits per heavy atom. The minimum Gasteiger partial charge on any atom is -0.465 e. The molecule has 2 aromatic carbocycles. The largest absolute Gasteiger partial charge is 0.465 e. The van der Waals surface area contributed by atoms with Crippen LogP contribution in [0.25, 0.3) is 0 Å². The molecule has 5 nitrogen and oxygen atoms in total. The molecule has 0 aromatic heterocycles. The number of ether oxygens (including phenoxy) is 1. The SMILES string of the molecule is COC(=O)c1cccc(NC(=S)N[C@H](C)c2ccc(N3CCC[C@@H](C)C3)cc2)c1. The number of thiocarbonyl (C=S) groups is 1. The summed E-state index contributed by atoms with van der Waals surface area (Å²) in [7, 11) is 1.37. The molecule has 6 heteroatoms. The molecular formula is C23H29N3O2S. The van der Waals surface area contributed by atoms with Crippen LogP contribution < -0.4 is 15.5 Å². The Bertz CT molecular complexity index is 853. The lowest BCUT2D eigenvalue weighted by Gasteiger charge is -2.33. The summed E-state index contributed by atoms with van der Waals surface area (Å²) >= 11 is 5.44. The molecule has 0 aliphatic carbocycles. The minimum absolute atomic E-state index is 0.0631. The third kappa shape index (κ3) is 5.70. The van der Waals surface area contributed by atoms with Gasteiger partial charge in [0.25, 0.3) is 0 Å². The maximum atomic E-state index is 11.7. The van der Waals surface area contributed by atoms with Crippen LogP contribution in [0.3, 0.4) is 0 Å². The topological polar surface area (TPSA) is 53.6 Å². The average molecular weight is 412 g/mol. The second-order valence-corrected chi connectivity index (χ2v) is 8.09. The number of benzene rings is 2. The van der Waals surface area contributed by atoms with Gasteiger partial charge in [0, 0.05) is 24.5 Å². The van der Waals surface area contributed by atoms with Crippen LogP contribution in [0.2, 0.25) is 0 Å². The van der Waals surface area contributed by atoms with E-state index < -0.39 is 0 Å². The molecular weight excluding hydrogens is 382 g/mol. The fraction of sp³-hybridized carbons (Fsp3) is 0.391. The predicted octanol–water partition coefficient (Wildman–Crippen LogP) is 4.76. The first-order valence-electron chi connectivity index (χ1n) is 10.1. The van der Waals surface area contributed by atoms with Gasteiger partial charge in [-0.1, -0.05) is 25.1 Å². The van der Waals surface area contributed by atoms with E-state index in [1.165, 1.54) is 31.2 Å². The average Bonchev–Trinajstić information content (AvgIpc) is 2.73. The Morgan fingerprint density at radius 3 is 2.69 bits per heavy atom. The summed E-state index contributed by atoms with van der Waals surface area (Å²) in [4.78, 5) is 14.1. The van der Waals surface area contributed by atoms with Crippen LogP contribution in [-0.2, 0) is 4.74 Å². The Labute approximate surface area is 178 Å². The van der Waals surface area contributed by atoms with Gasteiger partial charge in [-0.2, -0.15) is 0 Å². The molecule has 154 valence electrons. The van der Waals surface area contributed by atoms with Gasteiger partial charge in [0.1, 0.15) is 0 Å². The third-order valence-corrected chi connectivity index (χ3v) is 5.52. The first-order chi connectivity index (χ1) is 14.0. The lowest BCUT2D eigenvalue weighted by atomic mass is 9.99. The number of anilines is 2. The van der Waals surface area contributed by atoms with Crippen LogP contribution in [0, 0.1) is 5.92 Å². The number of nitrogens with zero attached hydrogens (tertiary/aromatic N) is 1. The Hall–Kier alpha value is -2.60. The maximum Gasteiger partial charge on any atom is 0.337 e. The third-order valence-electron chi connectivity index (χ3n) is 5.30. The first-order valence-corrected chi connectivity index (χ1v) is 10.5. The summed E-state index contributed by atoms with van der Waals surface area (Å²) in [6.07, 6.45) is 2.58. The van der Waals surface area contributed by atoms with Gasteiger partial charge < -0.3 is 20.3 Å². The van der Waals surface area contributed by atoms with E-state index in [4.69, 9.17) is 17.0 Å². The number of rotatable bonds is 5. The summed E-state index contributed by atoms with van der Waals surface area (Å²) in [6, 6.07) is 15.9. The van der Waals surface area contributed by atoms with Crippen molar-refractivity contribution in [1.29, 1.82) is 0 Å². The van der Waals surface area contributed by atoms with Crippen molar-refractivity contribution in [3.8, 4) is 0 Å². The predicted molar refractivity (Wildman–Crippen MR) is 123 cm³/mol. The number of nitrogens with one attached hydrogen (secondary N) is 2. The van der Waals surface area contributed by atoms with Crippen LogP contribution in [-0.4, -0.2) is 31.3 Å². The lowest BCUT2D eigenvalue weighted by molar-refractivity contribution is 0.0601. The molecule has 2 N–H and O–H groups in total. The van der Waals surface area contributed by atoms with E-state index in [-0.39, 0.29) is 12.0 Å². The van der Waals surface area contributed by atoms with Gasteiger partial charge in [-0.3, -0.25) is 0 Å². The van der Waals surface area contributed by atoms with Gasteiger partial charge in [0.15, 0.2) is 5.11 Å². The van der Waals surface area contributed by atoms with Crippen molar-refractivity contribution < 1.29 is 9.53 Å². The molecule has 0 bridgehead atoms. The zero-order valence-electron chi connectivity index (χ0n) is 17.3. The van der Waals surface area contributed by atoms with Crippen molar-refractivity contribution in [3.05, 3.63) is 59.7 Å². The summed E-state index contributed by atoms with van der Waals surface area (Å²) < 4.78 is 4.76. The lowest BCUT2D eigenvalue weighted by Crippen LogP contribution is -2.34. The van der Waals surface area contributed by atoms with Gasteiger partial charge >= 0.3 is 5.97 Å². The van der Waals surface area contributed by atoms with E-state index in [0.717, 1.165) is 24.7 Å². The minimum atomic E-state index is -0.371. The highest BCUT2D eigenvalue weighted by atomic mass is 32.1. The van der Waals surface area contributed by atoms with Gasteiger partial charge in [0.05, 0.1) is 18.7 Å². The smallest absolute Gasteiger partial charge is 0.337 e. The second kappa shape index (κ2) is 9.74. The highest BCUT2D eigenvalue weighted by Gasteiger charge is 2.17. The summed E-state index contributed by atoms with van der Waals surface area (Å²) in [6.45, 7) is 6.67. The van der Waals surface area contributed by atoms with E-state index in [1.54, 1.807) is 18.2 Å². The molecule has 2 atom stereocenters. The van der Waals surface area contributed by atoms with E-state index in [1.807, 2.05) is 6.07 Å². The molecule has 1 heterocycles. The van der Waals surface area contributed by atoms with E-state index >= 15 is 0 Å². The molecule has 3 rings (SSSR count). The molecule has 1 aliphatic heterocycles. The zero-order valence-corrected chi connectivity index (χ0v) is 18.1. The number of methoxy groups -OCH3 is 1. The molecule has 0 radical (unpaired) electrons. The molecule has 0 spiro atoms. The van der Waals surface area contributed by atoms with Crippen molar-refractivity contribution in [2.24, 2.45) is 5.92 Å². The van der Waals surface area contributed by atoms with Crippen LogP contribution in [0.15, 0.2) is 48.5 Å². The van der Waals surface area contributed by atoms with Gasteiger partial charge in [-0.15, -0.1) is 0 Å². The summed E-state index contributed by atoms with van der Waals surface area (Å²) in [5, 5.41) is 6.95. The quantitative estimate of drug-likeness (QED) is 0.547. The number of esters is 1. The molecule has 2 aromatic rings. The highest BCUT2D eigenvalue weighted by Crippen LogP contribution is 2.24. The first kappa shape index (κ1) is 21.1. The Kier molecular flexibility index (Phi) is 7.09. The van der Waals surface area contributed by atoms with Gasteiger partial charge in [-0.05, 0) is 73.8 Å². The second-order valence-electron chi connectivity index (χ2n) is 7.68. The van der Waals surface area contributed by atoms with Crippen molar-refractivity contribution in [3.63, 3.8) is 0 Å². The zero-order chi connectivity index (χ0) is 20.8. The van der Waals surface area contributed by atoms with Crippen molar-refractivity contribution >= 4 is 34.7 Å².